The highest BCUT2D eigenvalue weighted by molar-refractivity contribution is 5.88. The molecule has 1 atom stereocenters. The quantitative estimate of drug-likeness (QED) is 0.769. The van der Waals surface area contributed by atoms with Gasteiger partial charge in [-0.25, -0.2) is 13.6 Å². The van der Waals surface area contributed by atoms with Crippen molar-refractivity contribution in [3.8, 4) is 0 Å². The second-order valence-electron chi connectivity index (χ2n) is 5.50. The summed E-state index contributed by atoms with van der Waals surface area (Å²) in [6.45, 7) is 5.78. The van der Waals surface area contributed by atoms with Gasteiger partial charge in [-0.2, -0.15) is 0 Å². The summed E-state index contributed by atoms with van der Waals surface area (Å²) in [6, 6.07) is -1.07. The van der Waals surface area contributed by atoms with Crippen LogP contribution in [0.15, 0.2) is 0 Å². The molecule has 104 valence electrons. The number of alkyl halides is 2. The van der Waals surface area contributed by atoms with Gasteiger partial charge in [0.15, 0.2) is 5.78 Å². The Balaban J connectivity index is 2.84. The number of ether oxygens (including phenoxy) is 1. The fourth-order valence-corrected chi connectivity index (χ4v) is 1.85. The van der Waals surface area contributed by atoms with Gasteiger partial charge in [0.1, 0.15) is 5.60 Å². The van der Waals surface area contributed by atoms with Crippen molar-refractivity contribution in [2.24, 2.45) is 0 Å². The van der Waals surface area contributed by atoms with Crippen molar-refractivity contribution in [2.45, 2.75) is 58.1 Å². The van der Waals surface area contributed by atoms with E-state index in [4.69, 9.17) is 4.74 Å². The largest absolute Gasteiger partial charge is 0.444 e. The zero-order chi connectivity index (χ0) is 14.1. The van der Waals surface area contributed by atoms with Crippen LogP contribution in [0.4, 0.5) is 13.6 Å². The molecule has 1 heterocycles. The summed E-state index contributed by atoms with van der Waals surface area (Å²) in [5.74, 6) is -3.38. The number of carbonyl (C=O) groups is 2. The fourth-order valence-electron chi connectivity index (χ4n) is 1.85. The van der Waals surface area contributed by atoms with Crippen molar-refractivity contribution >= 4 is 11.9 Å². The molecule has 1 saturated heterocycles. The fraction of sp³-hybridized carbons (Fsp3) is 0.833. The smallest absolute Gasteiger partial charge is 0.411 e. The van der Waals surface area contributed by atoms with Gasteiger partial charge < -0.3 is 4.74 Å². The van der Waals surface area contributed by atoms with Gasteiger partial charge in [-0.3, -0.25) is 9.69 Å². The van der Waals surface area contributed by atoms with Crippen molar-refractivity contribution in [1.82, 2.24) is 4.90 Å². The molecule has 0 aromatic rings. The minimum atomic E-state index is -3.02. The lowest BCUT2D eigenvalue weighted by Crippen LogP contribution is -2.43. The van der Waals surface area contributed by atoms with E-state index < -0.39 is 36.6 Å². The number of amides is 1. The number of carbonyl (C=O) groups excluding carboxylic acids is 2. The molecule has 1 fully saturated rings. The minimum Gasteiger partial charge on any atom is -0.444 e. The summed E-state index contributed by atoms with van der Waals surface area (Å²) in [4.78, 5) is 24.2. The second kappa shape index (κ2) is 4.82. The number of halogens is 2. The predicted molar refractivity (Wildman–Crippen MR) is 61.6 cm³/mol. The van der Waals surface area contributed by atoms with Crippen LogP contribution < -0.4 is 0 Å². The molecule has 0 aromatic heterocycles. The zero-order valence-electron chi connectivity index (χ0n) is 11.1. The normalized spacial score (nSPS) is 23.0. The van der Waals surface area contributed by atoms with Crippen LogP contribution in [0.25, 0.3) is 0 Å². The Morgan fingerprint density at radius 1 is 1.39 bits per heavy atom. The van der Waals surface area contributed by atoms with Crippen molar-refractivity contribution in [2.75, 3.05) is 6.54 Å². The Kier molecular flexibility index (Phi) is 3.98. The second-order valence-corrected chi connectivity index (χ2v) is 5.50. The zero-order valence-corrected chi connectivity index (χ0v) is 11.1. The summed E-state index contributed by atoms with van der Waals surface area (Å²) in [5, 5.41) is 0. The molecule has 0 unspecified atom stereocenters. The topological polar surface area (TPSA) is 46.6 Å². The van der Waals surface area contributed by atoms with Gasteiger partial charge in [-0.05, 0) is 20.8 Å². The van der Waals surface area contributed by atoms with Crippen LogP contribution in [-0.2, 0) is 9.53 Å². The lowest BCUT2D eigenvalue weighted by molar-refractivity contribution is -0.123. The highest BCUT2D eigenvalue weighted by Gasteiger charge is 2.50. The van der Waals surface area contributed by atoms with Gasteiger partial charge in [0.05, 0.1) is 12.6 Å². The van der Waals surface area contributed by atoms with Gasteiger partial charge >= 0.3 is 6.09 Å². The molecule has 1 aliphatic heterocycles. The Morgan fingerprint density at radius 3 is 2.39 bits per heavy atom. The molecule has 1 amide bonds. The number of Topliss-reactive ketones (excluding diaryl/α,β-unsaturated/α-hetero) is 1. The molecule has 0 bridgehead atoms. The van der Waals surface area contributed by atoms with E-state index in [9.17, 15) is 18.4 Å². The van der Waals surface area contributed by atoms with Gasteiger partial charge in [0.25, 0.3) is 5.92 Å². The van der Waals surface area contributed by atoms with Crippen molar-refractivity contribution < 1.29 is 23.1 Å². The maximum atomic E-state index is 13.3. The van der Waals surface area contributed by atoms with E-state index in [2.05, 4.69) is 0 Å². The average Bonchev–Trinajstić information content (AvgIpc) is 2.51. The van der Waals surface area contributed by atoms with Crippen molar-refractivity contribution in [1.29, 1.82) is 0 Å². The first kappa shape index (κ1) is 14.9. The maximum Gasteiger partial charge on any atom is 0.411 e. The van der Waals surface area contributed by atoms with Crippen LogP contribution in [0.2, 0.25) is 0 Å². The molecule has 0 saturated carbocycles. The SMILES string of the molecule is CCC(=O)[C@H]1CC(F)(F)CN1C(=O)OC(C)(C)C. The van der Waals surface area contributed by atoms with Crippen molar-refractivity contribution in [3.63, 3.8) is 0 Å². The number of hydrogen-bond acceptors (Lipinski definition) is 3. The van der Waals surface area contributed by atoms with Crippen LogP contribution in [-0.4, -0.2) is 40.9 Å². The molecular weight excluding hydrogens is 244 g/mol. The number of nitrogens with zero attached hydrogens (tertiary/aromatic N) is 1. The lowest BCUT2D eigenvalue weighted by atomic mass is 10.1. The van der Waals surface area contributed by atoms with Crippen molar-refractivity contribution in [3.05, 3.63) is 0 Å². The molecule has 0 aromatic carbocycles. The highest BCUT2D eigenvalue weighted by atomic mass is 19.3. The summed E-state index contributed by atoms with van der Waals surface area (Å²) in [7, 11) is 0. The molecule has 1 aliphatic rings. The summed E-state index contributed by atoms with van der Waals surface area (Å²) in [6.07, 6.45) is -1.34. The van der Waals surface area contributed by atoms with E-state index in [0.717, 1.165) is 4.90 Å². The van der Waals surface area contributed by atoms with Crippen LogP contribution >= 0.6 is 0 Å². The Bertz CT molecular complexity index is 350. The van der Waals surface area contributed by atoms with E-state index >= 15 is 0 Å². The molecule has 0 N–H and O–H groups in total. The summed E-state index contributed by atoms with van der Waals surface area (Å²) < 4.78 is 31.7. The average molecular weight is 263 g/mol. The maximum absolute atomic E-state index is 13.3. The van der Waals surface area contributed by atoms with E-state index in [-0.39, 0.29) is 12.2 Å². The monoisotopic (exact) mass is 263 g/mol. The number of ketones is 1. The third-order valence-corrected chi connectivity index (χ3v) is 2.62. The molecule has 1 rings (SSSR count). The molecular formula is C12H19F2NO3. The van der Waals surface area contributed by atoms with Gasteiger partial charge in [-0.15, -0.1) is 0 Å². The molecule has 6 heteroatoms. The van der Waals surface area contributed by atoms with E-state index in [0.29, 0.717) is 0 Å². The van der Waals surface area contributed by atoms with Crippen LogP contribution in [0.1, 0.15) is 40.5 Å². The summed E-state index contributed by atoms with van der Waals surface area (Å²) >= 11 is 0. The number of rotatable bonds is 2. The van der Waals surface area contributed by atoms with Crippen LogP contribution in [0, 0.1) is 0 Å². The standard InChI is InChI=1S/C12H19F2NO3/c1-5-9(16)8-6-12(13,14)7-15(8)10(17)18-11(2,3)4/h8H,5-7H2,1-4H3/t8-/m1/s1. The number of hydrogen-bond donors (Lipinski definition) is 0. The molecule has 4 nitrogen and oxygen atoms in total. The number of likely N-dealkylation sites (tertiary alicyclic amines) is 1. The van der Waals surface area contributed by atoms with Crippen LogP contribution in [0.3, 0.4) is 0 Å². The predicted octanol–water partition coefficient (Wildman–Crippen LogP) is 2.61. The van der Waals surface area contributed by atoms with E-state index in [1.54, 1.807) is 27.7 Å². The molecule has 0 spiro atoms. The first-order valence-corrected chi connectivity index (χ1v) is 5.96. The van der Waals surface area contributed by atoms with E-state index in [1.807, 2.05) is 0 Å². The van der Waals surface area contributed by atoms with Gasteiger partial charge in [0, 0.05) is 12.8 Å². The highest BCUT2D eigenvalue weighted by Crippen LogP contribution is 2.33. The minimum absolute atomic E-state index is 0.125. The Labute approximate surface area is 105 Å². The Morgan fingerprint density at radius 2 is 1.94 bits per heavy atom. The summed E-state index contributed by atoms with van der Waals surface area (Å²) in [5.41, 5.74) is -0.769. The third-order valence-electron chi connectivity index (χ3n) is 2.62. The first-order chi connectivity index (χ1) is 8.06. The Hall–Kier alpha value is -1.20. The van der Waals surface area contributed by atoms with Crippen LogP contribution in [0.5, 0.6) is 0 Å². The van der Waals surface area contributed by atoms with Gasteiger partial charge in [-0.1, -0.05) is 6.92 Å². The first-order valence-electron chi connectivity index (χ1n) is 5.96. The third kappa shape index (κ3) is 3.65. The van der Waals surface area contributed by atoms with E-state index in [1.165, 1.54) is 0 Å². The molecule has 0 radical (unpaired) electrons. The van der Waals surface area contributed by atoms with Gasteiger partial charge in [0.2, 0.25) is 0 Å². The molecule has 18 heavy (non-hydrogen) atoms. The lowest BCUT2D eigenvalue weighted by Gasteiger charge is -2.27. The molecule has 0 aliphatic carbocycles.